The van der Waals surface area contributed by atoms with Gasteiger partial charge in [0, 0.05) is 60.6 Å². The summed E-state index contributed by atoms with van der Waals surface area (Å²) in [5.74, 6) is 0.518. The Morgan fingerprint density at radius 2 is 2.04 bits per heavy atom. The number of methoxy groups -OCH3 is 1. The highest BCUT2D eigenvalue weighted by Gasteiger charge is 2.13. The molecule has 0 atom stereocenters. The maximum atomic E-state index is 11.5. The van der Waals surface area contributed by atoms with Crippen molar-refractivity contribution in [1.82, 2.24) is 9.88 Å². The minimum absolute atomic E-state index is 0.314. The normalized spacial score (nSPS) is 11.3. The summed E-state index contributed by atoms with van der Waals surface area (Å²) in [6.07, 6.45) is 4.09. The van der Waals surface area contributed by atoms with Crippen LogP contribution >= 0.6 is 0 Å². The number of likely N-dealkylation sites (N-methyl/N-ethyl adjacent to an activating group) is 1. The molecule has 0 fully saturated rings. The molecular formula is C21H30N2O4. The molecule has 0 aliphatic rings. The van der Waals surface area contributed by atoms with Crippen LogP contribution in [0.25, 0.3) is 10.9 Å². The lowest BCUT2D eigenvalue weighted by Crippen LogP contribution is -2.21. The van der Waals surface area contributed by atoms with Gasteiger partial charge in [-0.15, -0.1) is 0 Å². The van der Waals surface area contributed by atoms with E-state index in [0.717, 1.165) is 47.4 Å². The second-order valence-corrected chi connectivity index (χ2v) is 6.08. The lowest BCUT2D eigenvalue weighted by Gasteiger charge is -2.18. The topological polar surface area (TPSA) is 63.8 Å². The van der Waals surface area contributed by atoms with E-state index in [1.165, 1.54) is 6.08 Å². The molecule has 27 heavy (non-hydrogen) atoms. The molecule has 0 unspecified atom stereocenters. The van der Waals surface area contributed by atoms with Gasteiger partial charge >= 0.3 is 5.97 Å². The second kappa shape index (κ2) is 10.6. The Labute approximate surface area is 161 Å². The molecule has 2 aromatic rings. The number of aromatic amines is 1. The van der Waals surface area contributed by atoms with Crippen molar-refractivity contribution in [2.24, 2.45) is 0 Å². The van der Waals surface area contributed by atoms with Crippen molar-refractivity contribution in [3.8, 4) is 5.75 Å². The van der Waals surface area contributed by atoms with Gasteiger partial charge in [0.2, 0.25) is 0 Å². The van der Waals surface area contributed by atoms with Gasteiger partial charge in [-0.05, 0) is 39.0 Å². The van der Waals surface area contributed by atoms with Crippen LogP contribution in [0.2, 0.25) is 0 Å². The summed E-state index contributed by atoms with van der Waals surface area (Å²) >= 11 is 0. The number of benzene rings is 1. The number of carbonyl (C=O) groups excluding carboxylic acids is 1. The van der Waals surface area contributed by atoms with Gasteiger partial charge in [-0.2, -0.15) is 0 Å². The largest absolute Gasteiger partial charge is 0.497 e. The molecule has 0 amide bonds. The average Bonchev–Trinajstić information content (AvgIpc) is 3.03. The van der Waals surface area contributed by atoms with E-state index < -0.39 is 0 Å². The van der Waals surface area contributed by atoms with E-state index in [2.05, 4.69) is 16.8 Å². The third-order valence-corrected chi connectivity index (χ3v) is 4.42. The van der Waals surface area contributed by atoms with Crippen LogP contribution < -0.4 is 4.74 Å². The Kier molecular flexibility index (Phi) is 8.20. The number of H-pyrrole nitrogens is 1. The molecule has 0 radical (unpaired) electrons. The Bertz CT molecular complexity index is 767. The van der Waals surface area contributed by atoms with E-state index in [-0.39, 0.29) is 5.97 Å². The van der Waals surface area contributed by atoms with Crippen LogP contribution in [0, 0.1) is 0 Å². The summed E-state index contributed by atoms with van der Waals surface area (Å²) in [4.78, 5) is 17.1. The van der Waals surface area contributed by atoms with Crippen LogP contribution in [0.4, 0.5) is 0 Å². The van der Waals surface area contributed by atoms with Crippen molar-refractivity contribution in [3.63, 3.8) is 0 Å². The molecule has 1 aromatic carbocycles. The van der Waals surface area contributed by atoms with Gasteiger partial charge < -0.3 is 24.1 Å². The maximum Gasteiger partial charge on any atom is 0.332 e. The zero-order valence-electron chi connectivity index (χ0n) is 16.7. The van der Waals surface area contributed by atoms with Gasteiger partial charge in [-0.1, -0.05) is 0 Å². The number of carbonyl (C=O) groups is 1. The van der Waals surface area contributed by atoms with E-state index in [1.807, 2.05) is 25.1 Å². The Morgan fingerprint density at radius 3 is 2.70 bits per heavy atom. The standard InChI is InChI=1S/C21H30N2O4/c1-5-23(13-11-21(24)27-7-3)12-10-20-18(15-26-6-2)17-14-16(25-4)8-9-19(17)22-20/h8-9,11,13-14,22H,5-7,10,12,15H2,1-4H3/b13-11+. The molecule has 148 valence electrons. The first kappa shape index (κ1) is 20.8. The van der Waals surface area contributed by atoms with E-state index in [4.69, 9.17) is 14.2 Å². The number of esters is 1. The molecule has 6 nitrogen and oxygen atoms in total. The van der Waals surface area contributed by atoms with Crippen LogP contribution in [0.3, 0.4) is 0 Å². The van der Waals surface area contributed by atoms with Gasteiger partial charge in [0.15, 0.2) is 0 Å². The summed E-state index contributed by atoms with van der Waals surface area (Å²) in [5, 5.41) is 1.13. The SMILES string of the molecule is CCOCc1c(CCN(/C=C/C(=O)OCC)CC)[nH]c2ccc(OC)cc12. The number of hydrogen-bond acceptors (Lipinski definition) is 5. The van der Waals surface area contributed by atoms with Gasteiger partial charge in [0.1, 0.15) is 5.75 Å². The van der Waals surface area contributed by atoms with Crippen molar-refractivity contribution < 1.29 is 19.0 Å². The number of hydrogen-bond donors (Lipinski definition) is 1. The van der Waals surface area contributed by atoms with Gasteiger partial charge in [0.25, 0.3) is 0 Å². The predicted octanol–water partition coefficient (Wildman–Crippen LogP) is 3.65. The molecule has 0 aliphatic heterocycles. The van der Waals surface area contributed by atoms with E-state index in [0.29, 0.717) is 19.8 Å². The van der Waals surface area contributed by atoms with Crippen LogP contribution in [-0.4, -0.2) is 49.3 Å². The summed E-state index contributed by atoms with van der Waals surface area (Å²) in [6, 6.07) is 6.03. The van der Waals surface area contributed by atoms with Crippen LogP contribution in [0.15, 0.2) is 30.5 Å². The number of ether oxygens (including phenoxy) is 3. The number of rotatable bonds is 11. The monoisotopic (exact) mass is 374 g/mol. The lowest BCUT2D eigenvalue weighted by atomic mass is 10.1. The van der Waals surface area contributed by atoms with Gasteiger partial charge in [-0.25, -0.2) is 4.79 Å². The number of fused-ring (bicyclic) bond motifs is 1. The lowest BCUT2D eigenvalue weighted by molar-refractivity contribution is -0.137. The number of aromatic nitrogens is 1. The molecule has 6 heteroatoms. The highest BCUT2D eigenvalue weighted by atomic mass is 16.5. The highest BCUT2D eigenvalue weighted by molar-refractivity contribution is 5.86. The maximum absolute atomic E-state index is 11.5. The first-order valence-corrected chi connectivity index (χ1v) is 9.47. The molecule has 0 saturated carbocycles. The number of nitrogens with one attached hydrogen (secondary N) is 1. The van der Waals surface area contributed by atoms with Crippen LogP contribution in [0.1, 0.15) is 32.0 Å². The first-order valence-electron chi connectivity index (χ1n) is 9.47. The predicted molar refractivity (Wildman–Crippen MR) is 107 cm³/mol. The van der Waals surface area contributed by atoms with Crippen molar-refractivity contribution in [2.75, 3.05) is 33.4 Å². The molecule has 1 aromatic heterocycles. The van der Waals surface area contributed by atoms with E-state index in [9.17, 15) is 4.79 Å². The number of nitrogens with zero attached hydrogens (tertiary/aromatic N) is 1. The highest BCUT2D eigenvalue weighted by Crippen LogP contribution is 2.27. The quantitative estimate of drug-likeness (QED) is 0.480. The second-order valence-electron chi connectivity index (χ2n) is 6.08. The van der Waals surface area contributed by atoms with Crippen molar-refractivity contribution >= 4 is 16.9 Å². The zero-order valence-corrected chi connectivity index (χ0v) is 16.7. The van der Waals surface area contributed by atoms with Gasteiger partial charge in [0.05, 0.1) is 20.3 Å². The third-order valence-electron chi connectivity index (χ3n) is 4.42. The summed E-state index contributed by atoms with van der Waals surface area (Å²) in [6.45, 7) is 9.06. The van der Waals surface area contributed by atoms with E-state index >= 15 is 0 Å². The van der Waals surface area contributed by atoms with Crippen molar-refractivity contribution in [3.05, 3.63) is 41.7 Å². The molecule has 0 bridgehead atoms. The molecule has 2 rings (SSSR count). The van der Waals surface area contributed by atoms with Crippen molar-refractivity contribution in [1.29, 1.82) is 0 Å². The molecule has 0 spiro atoms. The fourth-order valence-electron chi connectivity index (χ4n) is 2.94. The Balaban J connectivity index is 2.17. The van der Waals surface area contributed by atoms with E-state index in [1.54, 1.807) is 20.2 Å². The minimum Gasteiger partial charge on any atom is -0.497 e. The van der Waals surface area contributed by atoms with Crippen molar-refractivity contribution in [2.45, 2.75) is 33.8 Å². The molecule has 0 saturated heterocycles. The Morgan fingerprint density at radius 1 is 1.22 bits per heavy atom. The molecule has 1 heterocycles. The Hall–Kier alpha value is -2.47. The molecule has 0 aliphatic carbocycles. The molecular weight excluding hydrogens is 344 g/mol. The summed E-state index contributed by atoms with van der Waals surface area (Å²) in [7, 11) is 1.67. The summed E-state index contributed by atoms with van der Waals surface area (Å²) < 4.78 is 16.0. The van der Waals surface area contributed by atoms with Crippen LogP contribution in [0.5, 0.6) is 5.75 Å². The fraction of sp³-hybridized carbons (Fsp3) is 0.476. The zero-order chi connectivity index (χ0) is 19.6. The average molecular weight is 374 g/mol. The third kappa shape index (κ3) is 5.76. The smallest absolute Gasteiger partial charge is 0.332 e. The van der Waals surface area contributed by atoms with Gasteiger partial charge in [-0.3, -0.25) is 0 Å². The minimum atomic E-state index is -0.314. The molecule has 1 N–H and O–H groups in total. The summed E-state index contributed by atoms with van der Waals surface area (Å²) in [5.41, 5.74) is 3.39. The van der Waals surface area contributed by atoms with Crippen LogP contribution in [-0.2, 0) is 27.3 Å². The fourth-order valence-corrected chi connectivity index (χ4v) is 2.94. The first-order chi connectivity index (χ1) is 13.1.